The molecule has 0 saturated heterocycles. The second-order valence-electron chi connectivity index (χ2n) is 8.28. The van der Waals surface area contributed by atoms with Crippen molar-refractivity contribution in [3.05, 3.63) is 59.7 Å². The Kier molecular flexibility index (Phi) is 8.34. The Morgan fingerprint density at radius 1 is 0.833 bits per heavy atom. The van der Waals surface area contributed by atoms with Crippen LogP contribution in [-0.2, 0) is 27.3 Å². The minimum Gasteiger partial charge on any atom is -0.352 e. The molecule has 1 atom stereocenters. The van der Waals surface area contributed by atoms with Crippen molar-refractivity contribution in [1.82, 2.24) is 10.6 Å². The molecule has 0 aromatic heterocycles. The zero-order valence-electron chi connectivity index (χ0n) is 18.5. The summed E-state index contributed by atoms with van der Waals surface area (Å²) in [5.41, 5.74) is 4.14. The van der Waals surface area contributed by atoms with Gasteiger partial charge in [0.1, 0.15) is 0 Å². The minimum absolute atomic E-state index is 0.0309. The number of carbonyl (C=O) groups excluding carboxylic acids is 3. The molecule has 0 radical (unpaired) electrons. The number of carbonyl (C=O) groups is 3. The highest BCUT2D eigenvalue weighted by atomic mass is 16.2. The summed E-state index contributed by atoms with van der Waals surface area (Å²) in [5.74, 6) is -0.310. The molecule has 2 amide bonds. The molecule has 0 aliphatic rings. The number of hydrogen-bond donors (Lipinski definition) is 2. The summed E-state index contributed by atoms with van der Waals surface area (Å²) in [6.07, 6.45) is 0.462. The lowest BCUT2D eigenvalue weighted by molar-refractivity contribution is -0.128. The average Bonchev–Trinajstić information content (AvgIpc) is 2.71. The fourth-order valence-corrected chi connectivity index (χ4v) is 3.19. The van der Waals surface area contributed by atoms with Gasteiger partial charge in [0.25, 0.3) is 0 Å². The van der Waals surface area contributed by atoms with E-state index in [0.29, 0.717) is 13.0 Å². The molecule has 30 heavy (non-hydrogen) atoms. The van der Waals surface area contributed by atoms with Crippen LogP contribution in [0.2, 0.25) is 0 Å². The smallest absolute Gasteiger partial charge is 0.222 e. The number of ketones is 1. The SMILES string of the molecule is CC(=O)N[C@@H](Cc1cccc(-c2ccc(CNC(=O)C(C)C)cc2)c1)C(=O)C(C)C. The van der Waals surface area contributed by atoms with E-state index >= 15 is 0 Å². The predicted octanol–water partition coefficient (Wildman–Crippen LogP) is 3.90. The molecule has 5 heteroatoms. The number of nitrogens with one attached hydrogen (secondary N) is 2. The highest BCUT2D eigenvalue weighted by Crippen LogP contribution is 2.22. The molecule has 0 unspecified atom stereocenters. The van der Waals surface area contributed by atoms with Crippen molar-refractivity contribution < 1.29 is 14.4 Å². The summed E-state index contributed by atoms with van der Waals surface area (Å²) < 4.78 is 0. The summed E-state index contributed by atoms with van der Waals surface area (Å²) >= 11 is 0. The normalized spacial score (nSPS) is 12.0. The van der Waals surface area contributed by atoms with Crippen molar-refractivity contribution in [2.45, 2.75) is 53.6 Å². The third-order valence-corrected chi connectivity index (χ3v) is 4.94. The molecule has 2 N–H and O–H groups in total. The van der Waals surface area contributed by atoms with Crippen LogP contribution in [-0.4, -0.2) is 23.6 Å². The monoisotopic (exact) mass is 408 g/mol. The molecule has 5 nitrogen and oxygen atoms in total. The number of amides is 2. The number of Topliss-reactive ketones (excluding diaryl/α,β-unsaturated/α-hetero) is 1. The van der Waals surface area contributed by atoms with Gasteiger partial charge in [-0.2, -0.15) is 0 Å². The first-order chi connectivity index (χ1) is 14.2. The molecule has 0 spiro atoms. The second kappa shape index (κ2) is 10.7. The van der Waals surface area contributed by atoms with E-state index in [1.54, 1.807) is 0 Å². The fourth-order valence-electron chi connectivity index (χ4n) is 3.19. The van der Waals surface area contributed by atoms with Crippen molar-refractivity contribution in [2.24, 2.45) is 11.8 Å². The van der Waals surface area contributed by atoms with E-state index in [4.69, 9.17) is 0 Å². The molecule has 0 saturated carbocycles. The predicted molar refractivity (Wildman–Crippen MR) is 120 cm³/mol. The van der Waals surface area contributed by atoms with Crippen molar-refractivity contribution >= 4 is 17.6 Å². The highest BCUT2D eigenvalue weighted by Gasteiger charge is 2.22. The first-order valence-electron chi connectivity index (χ1n) is 10.4. The van der Waals surface area contributed by atoms with Gasteiger partial charge in [0, 0.05) is 25.3 Å². The van der Waals surface area contributed by atoms with Gasteiger partial charge < -0.3 is 10.6 Å². The largest absolute Gasteiger partial charge is 0.352 e. The summed E-state index contributed by atoms with van der Waals surface area (Å²) in [5, 5.41) is 5.70. The first-order valence-corrected chi connectivity index (χ1v) is 10.4. The molecular weight excluding hydrogens is 376 g/mol. The number of hydrogen-bond acceptors (Lipinski definition) is 3. The molecule has 160 valence electrons. The van der Waals surface area contributed by atoms with E-state index in [-0.39, 0.29) is 29.4 Å². The zero-order chi connectivity index (χ0) is 22.3. The summed E-state index contributed by atoms with van der Waals surface area (Å²) in [6, 6.07) is 15.6. The van der Waals surface area contributed by atoms with E-state index in [2.05, 4.69) is 16.7 Å². The molecule has 0 heterocycles. The van der Waals surface area contributed by atoms with E-state index in [1.807, 2.05) is 70.2 Å². The Morgan fingerprint density at radius 3 is 2.07 bits per heavy atom. The maximum absolute atomic E-state index is 12.5. The first kappa shape index (κ1) is 23.3. The van der Waals surface area contributed by atoms with Gasteiger partial charge in [0.2, 0.25) is 11.8 Å². The van der Waals surface area contributed by atoms with Crippen LogP contribution in [0.5, 0.6) is 0 Å². The van der Waals surface area contributed by atoms with Crippen LogP contribution in [0, 0.1) is 11.8 Å². The maximum Gasteiger partial charge on any atom is 0.222 e. The molecular formula is C25H32N2O3. The van der Waals surface area contributed by atoms with E-state index in [0.717, 1.165) is 22.3 Å². The Hall–Kier alpha value is -2.95. The van der Waals surface area contributed by atoms with Crippen LogP contribution in [0.25, 0.3) is 11.1 Å². The van der Waals surface area contributed by atoms with Gasteiger partial charge in [0.05, 0.1) is 6.04 Å². The Morgan fingerprint density at radius 2 is 1.50 bits per heavy atom. The van der Waals surface area contributed by atoms with Crippen molar-refractivity contribution in [1.29, 1.82) is 0 Å². The summed E-state index contributed by atoms with van der Waals surface area (Å²) in [6.45, 7) is 9.37. The third-order valence-electron chi connectivity index (χ3n) is 4.94. The van der Waals surface area contributed by atoms with Crippen LogP contribution in [0.1, 0.15) is 45.7 Å². The Balaban J connectivity index is 2.13. The van der Waals surface area contributed by atoms with Crippen LogP contribution in [0.15, 0.2) is 48.5 Å². The lowest BCUT2D eigenvalue weighted by Crippen LogP contribution is -2.43. The van der Waals surface area contributed by atoms with Crippen LogP contribution < -0.4 is 10.6 Å². The van der Waals surface area contributed by atoms with Crippen LogP contribution in [0.4, 0.5) is 0 Å². The van der Waals surface area contributed by atoms with Gasteiger partial charge >= 0.3 is 0 Å². The molecule has 2 rings (SSSR count). The quantitative estimate of drug-likeness (QED) is 0.661. The van der Waals surface area contributed by atoms with Crippen LogP contribution >= 0.6 is 0 Å². The Bertz CT molecular complexity index is 886. The minimum atomic E-state index is -0.523. The second-order valence-corrected chi connectivity index (χ2v) is 8.28. The molecule has 0 fully saturated rings. The fraction of sp³-hybridized carbons (Fsp3) is 0.400. The van der Waals surface area contributed by atoms with Crippen molar-refractivity contribution in [3.63, 3.8) is 0 Å². The van der Waals surface area contributed by atoms with Crippen molar-refractivity contribution in [3.8, 4) is 11.1 Å². The lowest BCUT2D eigenvalue weighted by Gasteiger charge is -2.19. The molecule has 0 bridgehead atoms. The number of benzene rings is 2. The van der Waals surface area contributed by atoms with E-state index in [9.17, 15) is 14.4 Å². The maximum atomic E-state index is 12.5. The van der Waals surface area contributed by atoms with Crippen molar-refractivity contribution in [2.75, 3.05) is 0 Å². The molecule has 2 aromatic carbocycles. The van der Waals surface area contributed by atoms with Gasteiger partial charge in [-0.1, -0.05) is 76.2 Å². The van der Waals surface area contributed by atoms with Gasteiger partial charge in [0.15, 0.2) is 5.78 Å². The molecule has 0 aliphatic carbocycles. The van der Waals surface area contributed by atoms with E-state index < -0.39 is 6.04 Å². The average molecular weight is 409 g/mol. The summed E-state index contributed by atoms with van der Waals surface area (Å²) in [4.78, 5) is 35.7. The van der Waals surface area contributed by atoms with Crippen LogP contribution in [0.3, 0.4) is 0 Å². The highest BCUT2D eigenvalue weighted by molar-refractivity contribution is 5.90. The molecule has 0 aliphatic heterocycles. The zero-order valence-corrected chi connectivity index (χ0v) is 18.5. The van der Waals surface area contributed by atoms with Gasteiger partial charge in [-0.05, 0) is 28.7 Å². The molecule has 2 aromatic rings. The topological polar surface area (TPSA) is 75.3 Å². The number of rotatable bonds is 9. The lowest BCUT2D eigenvalue weighted by atomic mass is 9.94. The van der Waals surface area contributed by atoms with E-state index in [1.165, 1.54) is 6.92 Å². The van der Waals surface area contributed by atoms with Gasteiger partial charge in [-0.25, -0.2) is 0 Å². The summed E-state index contributed by atoms with van der Waals surface area (Å²) in [7, 11) is 0. The van der Waals surface area contributed by atoms with Gasteiger partial charge in [-0.3, -0.25) is 14.4 Å². The Labute approximate surface area is 179 Å². The van der Waals surface area contributed by atoms with Gasteiger partial charge in [-0.15, -0.1) is 0 Å². The third kappa shape index (κ3) is 6.83. The standard InChI is InChI=1S/C25H32N2O3/c1-16(2)24(29)23(27-18(5)28)14-20-7-6-8-22(13-20)21-11-9-19(10-12-21)15-26-25(30)17(3)4/h6-13,16-17,23H,14-15H2,1-5H3,(H,26,30)(H,27,28)/t23-/m0/s1.